The van der Waals surface area contributed by atoms with Crippen molar-refractivity contribution in [1.29, 1.82) is 0 Å². The molecule has 0 saturated heterocycles. The van der Waals surface area contributed by atoms with Crippen LogP contribution in [-0.4, -0.2) is 31.1 Å². The van der Waals surface area contributed by atoms with Gasteiger partial charge in [0.1, 0.15) is 0 Å². The molecule has 6 heteroatoms. The first kappa shape index (κ1) is 16.4. The van der Waals surface area contributed by atoms with E-state index in [1.807, 2.05) is 0 Å². The average Bonchev–Trinajstić information content (AvgIpc) is 2.59. The molecule has 0 unspecified atom stereocenters. The van der Waals surface area contributed by atoms with Crippen LogP contribution in [0.4, 0.5) is 0 Å². The Balaban J connectivity index is 2.03. The highest BCUT2D eigenvalue weighted by atomic mass is 16.5. The van der Waals surface area contributed by atoms with Crippen LogP contribution in [0.2, 0.25) is 0 Å². The monoisotopic (exact) mass is 314 g/mol. The van der Waals surface area contributed by atoms with Gasteiger partial charge in [-0.05, 0) is 29.8 Å². The Kier molecular flexibility index (Phi) is 5.19. The van der Waals surface area contributed by atoms with Gasteiger partial charge < -0.3 is 20.5 Å². The van der Waals surface area contributed by atoms with Gasteiger partial charge in [0.05, 0.1) is 12.7 Å². The number of carbonyl (C=O) groups excluding carboxylic acids is 2. The summed E-state index contributed by atoms with van der Waals surface area (Å²) in [7, 11) is 2.99. The molecule has 2 aromatic carbocycles. The van der Waals surface area contributed by atoms with E-state index in [0.717, 1.165) is 5.56 Å². The van der Waals surface area contributed by atoms with Crippen molar-refractivity contribution in [3.8, 4) is 11.5 Å². The lowest BCUT2D eigenvalue weighted by Crippen LogP contribution is -2.23. The average molecular weight is 314 g/mol. The second-order valence-corrected chi connectivity index (χ2v) is 4.82. The first-order valence-electron chi connectivity index (χ1n) is 7.02. The number of ether oxygens (including phenoxy) is 1. The number of phenols is 1. The molecule has 23 heavy (non-hydrogen) atoms. The fraction of sp³-hybridized carbons (Fsp3) is 0.176. The molecule has 0 aromatic heterocycles. The topological polar surface area (TPSA) is 87.7 Å². The van der Waals surface area contributed by atoms with E-state index in [9.17, 15) is 14.7 Å². The minimum Gasteiger partial charge on any atom is -0.504 e. The summed E-state index contributed by atoms with van der Waals surface area (Å²) < 4.78 is 4.98. The van der Waals surface area contributed by atoms with Crippen LogP contribution < -0.4 is 15.4 Å². The van der Waals surface area contributed by atoms with Crippen molar-refractivity contribution >= 4 is 11.8 Å². The van der Waals surface area contributed by atoms with Crippen LogP contribution in [0.1, 0.15) is 26.3 Å². The van der Waals surface area contributed by atoms with Gasteiger partial charge in [-0.2, -0.15) is 0 Å². The van der Waals surface area contributed by atoms with E-state index in [1.165, 1.54) is 13.2 Å². The first-order chi connectivity index (χ1) is 11.1. The van der Waals surface area contributed by atoms with Gasteiger partial charge in [-0.1, -0.05) is 18.2 Å². The van der Waals surface area contributed by atoms with E-state index in [2.05, 4.69) is 10.6 Å². The number of nitrogens with one attached hydrogen (secondary N) is 2. The highest BCUT2D eigenvalue weighted by Gasteiger charge is 2.14. The molecule has 0 aliphatic rings. The Hall–Kier alpha value is -3.02. The molecule has 2 amide bonds. The van der Waals surface area contributed by atoms with Gasteiger partial charge in [0.25, 0.3) is 11.8 Å². The van der Waals surface area contributed by atoms with Crippen LogP contribution >= 0.6 is 0 Å². The number of methoxy groups -OCH3 is 1. The predicted molar refractivity (Wildman–Crippen MR) is 85.7 cm³/mol. The zero-order valence-electron chi connectivity index (χ0n) is 12.9. The molecule has 0 aliphatic carbocycles. The summed E-state index contributed by atoms with van der Waals surface area (Å²) in [6.07, 6.45) is 0. The lowest BCUT2D eigenvalue weighted by Gasteiger charge is -2.10. The van der Waals surface area contributed by atoms with Crippen LogP contribution in [0.15, 0.2) is 42.5 Å². The summed E-state index contributed by atoms with van der Waals surface area (Å²) in [5, 5.41) is 15.2. The fourth-order valence-electron chi connectivity index (χ4n) is 2.07. The highest BCUT2D eigenvalue weighted by Crippen LogP contribution is 2.29. The van der Waals surface area contributed by atoms with Gasteiger partial charge in [0.2, 0.25) is 0 Å². The van der Waals surface area contributed by atoms with E-state index in [4.69, 9.17) is 4.74 Å². The molecule has 0 heterocycles. The standard InChI is InChI=1S/C17H18N2O4/c1-18-16(21)12-8-6-11(7-9-12)10-19-17(22)13-4-3-5-14(23-2)15(13)20/h3-9,20H,10H2,1-2H3,(H,18,21)(H,19,22). The van der Waals surface area contributed by atoms with Crippen molar-refractivity contribution in [2.75, 3.05) is 14.2 Å². The lowest BCUT2D eigenvalue weighted by molar-refractivity contribution is 0.0943. The summed E-state index contributed by atoms with van der Waals surface area (Å²) in [4.78, 5) is 23.6. The number of hydrogen-bond donors (Lipinski definition) is 3. The third kappa shape index (κ3) is 3.79. The molecular weight excluding hydrogens is 296 g/mol. The summed E-state index contributed by atoms with van der Waals surface area (Å²) in [6.45, 7) is 0.281. The number of phenolic OH excluding ortho intramolecular Hbond substituents is 1. The van der Waals surface area contributed by atoms with Crippen LogP contribution in [0.5, 0.6) is 11.5 Å². The Morgan fingerprint density at radius 1 is 1.09 bits per heavy atom. The molecular formula is C17H18N2O4. The minimum absolute atomic E-state index is 0.145. The largest absolute Gasteiger partial charge is 0.504 e. The molecule has 0 atom stereocenters. The number of amides is 2. The summed E-state index contributed by atoms with van der Waals surface area (Å²) in [5.41, 5.74) is 1.53. The quantitative estimate of drug-likeness (QED) is 0.784. The maximum absolute atomic E-state index is 12.1. The van der Waals surface area contributed by atoms with Crippen molar-refractivity contribution < 1.29 is 19.4 Å². The number of hydrogen-bond acceptors (Lipinski definition) is 4. The van der Waals surface area contributed by atoms with Crippen molar-refractivity contribution in [1.82, 2.24) is 10.6 Å². The predicted octanol–water partition coefficient (Wildman–Crippen LogP) is 1.69. The molecule has 0 bridgehead atoms. The third-order valence-electron chi connectivity index (χ3n) is 3.36. The molecule has 0 radical (unpaired) electrons. The van der Waals surface area contributed by atoms with Crippen molar-refractivity contribution in [3.63, 3.8) is 0 Å². The summed E-state index contributed by atoms with van der Waals surface area (Å²) in [6, 6.07) is 11.6. The van der Waals surface area contributed by atoms with Crippen molar-refractivity contribution in [3.05, 3.63) is 59.2 Å². The summed E-state index contributed by atoms with van der Waals surface area (Å²) in [5.74, 6) is -0.520. The van der Waals surface area contributed by atoms with E-state index >= 15 is 0 Å². The van der Waals surface area contributed by atoms with E-state index in [0.29, 0.717) is 5.56 Å². The molecule has 2 aromatic rings. The van der Waals surface area contributed by atoms with Crippen LogP contribution in [0, 0.1) is 0 Å². The van der Waals surface area contributed by atoms with E-state index in [1.54, 1.807) is 43.4 Å². The number of benzene rings is 2. The maximum atomic E-state index is 12.1. The molecule has 3 N–H and O–H groups in total. The molecule has 0 saturated carbocycles. The maximum Gasteiger partial charge on any atom is 0.255 e. The molecule has 120 valence electrons. The Morgan fingerprint density at radius 3 is 2.39 bits per heavy atom. The molecule has 0 aliphatic heterocycles. The van der Waals surface area contributed by atoms with Gasteiger partial charge in [-0.15, -0.1) is 0 Å². The Bertz CT molecular complexity index is 711. The molecule has 2 rings (SSSR count). The number of rotatable bonds is 5. The number of carbonyl (C=O) groups is 2. The number of aromatic hydroxyl groups is 1. The first-order valence-corrected chi connectivity index (χ1v) is 7.02. The Labute approximate surface area is 134 Å². The van der Waals surface area contributed by atoms with Crippen LogP contribution in [0.3, 0.4) is 0 Å². The minimum atomic E-state index is -0.406. The lowest BCUT2D eigenvalue weighted by atomic mass is 10.1. The SMILES string of the molecule is CNC(=O)c1ccc(CNC(=O)c2cccc(OC)c2O)cc1. The van der Waals surface area contributed by atoms with E-state index in [-0.39, 0.29) is 29.5 Å². The van der Waals surface area contributed by atoms with Crippen molar-refractivity contribution in [2.24, 2.45) is 0 Å². The summed E-state index contributed by atoms with van der Waals surface area (Å²) >= 11 is 0. The van der Waals surface area contributed by atoms with Crippen LogP contribution in [-0.2, 0) is 6.54 Å². The number of para-hydroxylation sites is 1. The second-order valence-electron chi connectivity index (χ2n) is 4.82. The van der Waals surface area contributed by atoms with Crippen LogP contribution in [0.25, 0.3) is 0 Å². The zero-order valence-corrected chi connectivity index (χ0v) is 12.9. The molecule has 0 spiro atoms. The smallest absolute Gasteiger partial charge is 0.255 e. The second kappa shape index (κ2) is 7.31. The Morgan fingerprint density at radius 2 is 1.78 bits per heavy atom. The highest BCUT2D eigenvalue weighted by molar-refractivity contribution is 5.97. The van der Waals surface area contributed by atoms with Gasteiger partial charge >= 0.3 is 0 Å². The molecule has 6 nitrogen and oxygen atoms in total. The van der Waals surface area contributed by atoms with Gasteiger partial charge in [0.15, 0.2) is 11.5 Å². The normalized spacial score (nSPS) is 10.0. The van der Waals surface area contributed by atoms with Gasteiger partial charge in [-0.25, -0.2) is 0 Å². The molecule has 0 fully saturated rings. The third-order valence-corrected chi connectivity index (χ3v) is 3.36. The van der Waals surface area contributed by atoms with Gasteiger partial charge in [-0.3, -0.25) is 9.59 Å². The van der Waals surface area contributed by atoms with Crippen molar-refractivity contribution in [2.45, 2.75) is 6.54 Å². The fourth-order valence-corrected chi connectivity index (χ4v) is 2.07. The van der Waals surface area contributed by atoms with E-state index < -0.39 is 5.91 Å². The van der Waals surface area contributed by atoms with Gasteiger partial charge in [0, 0.05) is 19.2 Å². The zero-order chi connectivity index (χ0) is 16.8.